The van der Waals surface area contributed by atoms with Crippen LogP contribution in [0.5, 0.6) is 0 Å². The average molecular weight is 207 g/mol. The molecule has 1 aliphatic rings. The van der Waals surface area contributed by atoms with Gasteiger partial charge in [-0.2, -0.15) is 0 Å². The molecule has 0 unspecified atom stereocenters. The maximum atomic E-state index is 5.08. The smallest absolute Gasteiger partial charge is 0.154 e. The molecule has 0 bridgehead atoms. The number of nitrogens with zero attached hydrogens (tertiary/aromatic N) is 2. The molecule has 0 saturated heterocycles. The minimum atomic E-state index is 0.442. The summed E-state index contributed by atoms with van der Waals surface area (Å²) in [7, 11) is 1.67. The van der Waals surface area contributed by atoms with Gasteiger partial charge in [-0.3, -0.25) is 0 Å². The molecule has 0 saturated carbocycles. The highest BCUT2D eigenvalue weighted by molar-refractivity contribution is 5.31. The van der Waals surface area contributed by atoms with Crippen LogP contribution in [-0.2, 0) is 24.4 Å². The van der Waals surface area contributed by atoms with Gasteiger partial charge in [-0.1, -0.05) is 13.8 Å². The molecule has 1 aromatic heterocycles. The zero-order valence-electron chi connectivity index (χ0n) is 9.50. The van der Waals surface area contributed by atoms with Crippen molar-refractivity contribution in [3.05, 3.63) is 22.8 Å². The Hall–Kier alpha value is -1.00. The van der Waals surface area contributed by atoms with E-state index in [1.165, 1.54) is 5.56 Å². The highest BCUT2D eigenvalue weighted by Gasteiger charge is 2.20. The van der Waals surface area contributed by atoms with E-state index >= 15 is 0 Å². The van der Waals surface area contributed by atoms with Crippen molar-refractivity contribution in [2.45, 2.75) is 39.5 Å². The largest absolute Gasteiger partial charge is 0.377 e. The van der Waals surface area contributed by atoms with Crippen molar-refractivity contribution in [3.8, 4) is 0 Å². The van der Waals surface area contributed by atoms with E-state index in [0.717, 1.165) is 30.3 Å². The molecule has 0 radical (unpaired) electrons. The Balaban J connectivity index is 2.43. The number of methoxy groups -OCH3 is 1. The Bertz CT molecular complexity index is 363. The molecule has 1 aromatic rings. The molecule has 2 heterocycles. The Kier molecular flexibility index (Phi) is 2.98. The predicted molar refractivity (Wildman–Crippen MR) is 57.4 cm³/mol. The predicted octanol–water partition coefficient (Wildman–Crippen LogP) is 1.35. The molecule has 4 heteroatoms. The normalized spacial score (nSPS) is 14.7. The topological polar surface area (TPSA) is 47.0 Å². The van der Waals surface area contributed by atoms with Crippen LogP contribution in [0.2, 0.25) is 0 Å². The summed E-state index contributed by atoms with van der Waals surface area (Å²) < 4.78 is 5.08. The fourth-order valence-corrected chi connectivity index (χ4v) is 1.92. The van der Waals surface area contributed by atoms with Crippen molar-refractivity contribution in [1.82, 2.24) is 15.3 Å². The molecule has 82 valence electrons. The molecule has 0 fully saturated rings. The lowest BCUT2D eigenvalue weighted by atomic mass is 10.0. The van der Waals surface area contributed by atoms with Crippen molar-refractivity contribution >= 4 is 0 Å². The molecule has 2 rings (SSSR count). The van der Waals surface area contributed by atoms with Crippen LogP contribution in [0.25, 0.3) is 0 Å². The third-order valence-electron chi connectivity index (χ3n) is 2.59. The summed E-state index contributed by atoms with van der Waals surface area (Å²) in [6.45, 7) is 6.58. The van der Waals surface area contributed by atoms with Crippen LogP contribution < -0.4 is 5.32 Å². The monoisotopic (exact) mass is 207 g/mol. The van der Waals surface area contributed by atoms with Gasteiger partial charge in [0.05, 0.1) is 11.4 Å². The van der Waals surface area contributed by atoms with Crippen LogP contribution in [0.3, 0.4) is 0 Å². The molecule has 0 atom stereocenters. The standard InChI is InChI=1S/C11H17N3O/c1-7(2)11-8-4-12-5-9(8)13-10(14-11)6-15-3/h7,12H,4-6H2,1-3H3. The van der Waals surface area contributed by atoms with Crippen molar-refractivity contribution in [2.75, 3.05) is 7.11 Å². The van der Waals surface area contributed by atoms with E-state index in [1.54, 1.807) is 7.11 Å². The van der Waals surface area contributed by atoms with Crippen molar-refractivity contribution in [1.29, 1.82) is 0 Å². The minimum Gasteiger partial charge on any atom is -0.377 e. The summed E-state index contributed by atoms with van der Waals surface area (Å²) in [5, 5.41) is 3.31. The van der Waals surface area contributed by atoms with E-state index in [9.17, 15) is 0 Å². The highest BCUT2D eigenvalue weighted by atomic mass is 16.5. The Morgan fingerprint density at radius 2 is 2.13 bits per heavy atom. The van der Waals surface area contributed by atoms with E-state index in [4.69, 9.17) is 4.74 Å². The molecule has 1 aliphatic heterocycles. The van der Waals surface area contributed by atoms with Crippen LogP contribution in [0, 0.1) is 0 Å². The number of nitrogens with one attached hydrogen (secondary N) is 1. The maximum Gasteiger partial charge on any atom is 0.154 e. The molecule has 0 spiro atoms. The van der Waals surface area contributed by atoms with Crippen LogP contribution in [0.4, 0.5) is 0 Å². The van der Waals surface area contributed by atoms with Crippen molar-refractivity contribution in [3.63, 3.8) is 0 Å². The molecule has 1 N–H and O–H groups in total. The van der Waals surface area contributed by atoms with Gasteiger partial charge in [0.1, 0.15) is 6.61 Å². The van der Waals surface area contributed by atoms with Gasteiger partial charge >= 0.3 is 0 Å². The number of hydrogen-bond acceptors (Lipinski definition) is 4. The lowest BCUT2D eigenvalue weighted by Gasteiger charge is -2.11. The zero-order valence-corrected chi connectivity index (χ0v) is 9.50. The molecule has 15 heavy (non-hydrogen) atoms. The average Bonchev–Trinajstić information content (AvgIpc) is 2.64. The van der Waals surface area contributed by atoms with Gasteiger partial charge in [-0.25, -0.2) is 9.97 Å². The Morgan fingerprint density at radius 3 is 2.80 bits per heavy atom. The van der Waals surface area contributed by atoms with Gasteiger partial charge in [0.25, 0.3) is 0 Å². The van der Waals surface area contributed by atoms with E-state index < -0.39 is 0 Å². The first-order chi connectivity index (χ1) is 7.22. The lowest BCUT2D eigenvalue weighted by molar-refractivity contribution is 0.177. The van der Waals surface area contributed by atoms with Gasteiger partial charge in [-0.15, -0.1) is 0 Å². The lowest BCUT2D eigenvalue weighted by Crippen LogP contribution is -2.08. The second kappa shape index (κ2) is 4.24. The van der Waals surface area contributed by atoms with E-state index in [1.807, 2.05) is 0 Å². The van der Waals surface area contributed by atoms with E-state index in [0.29, 0.717) is 12.5 Å². The molecular weight excluding hydrogens is 190 g/mol. The second-order valence-electron chi connectivity index (χ2n) is 4.14. The molecular formula is C11H17N3O. The quantitative estimate of drug-likeness (QED) is 0.812. The fraction of sp³-hybridized carbons (Fsp3) is 0.636. The SMILES string of the molecule is COCc1nc2c(c(C(C)C)n1)CNC2. The summed E-state index contributed by atoms with van der Waals surface area (Å²) in [5.41, 5.74) is 3.59. The number of hydrogen-bond donors (Lipinski definition) is 1. The van der Waals surface area contributed by atoms with E-state index in [2.05, 4.69) is 29.1 Å². The molecule has 4 nitrogen and oxygen atoms in total. The van der Waals surface area contributed by atoms with Crippen LogP contribution in [0.1, 0.15) is 42.5 Å². The number of fused-ring (bicyclic) bond motifs is 1. The number of ether oxygens (including phenoxy) is 1. The van der Waals surface area contributed by atoms with Crippen LogP contribution >= 0.6 is 0 Å². The summed E-state index contributed by atoms with van der Waals surface area (Å²) >= 11 is 0. The van der Waals surface area contributed by atoms with Gasteiger partial charge in [0, 0.05) is 25.8 Å². The number of rotatable bonds is 3. The first-order valence-corrected chi connectivity index (χ1v) is 5.30. The summed E-state index contributed by atoms with van der Waals surface area (Å²) in [4.78, 5) is 9.04. The summed E-state index contributed by atoms with van der Waals surface area (Å²) in [6, 6.07) is 0. The van der Waals surface area contributed by atoms with E-state index in [-0.39, 0.29) is 0 Å². The third kappa shape index (κ3) is 2.01. The Morgan fingerprint density at radius 1 is 1.33 bits per heavy atom. The molecule has 0 aromatic carbocycles. The van der Waals surface area contributed by atoms with Gasteiger partial charge in [-0.05, 0) is 5.92 Å². The number of aromatic nitrogens is 2. The second-order valence-corrected chi connectivity index (χ2v) is 4.14. The van der Waals surface area contributed by atoms with Gasteiger partial charge < -0.3 is 10.1 Å². The van der Waals surface area contributed by atoms with Crippen LogP contribution in [-0.4, -0.2) is 17.1 Å². The summed E-state index contributed by atoms with van der Waals surface area (Å²) in [5.74, 6) is 1.24. The third-order valence-corrected chi connectivity index (χ3v) is 2.59. The minimum absolute atomic E-state index is 0.442. The van der Waals surface area contributed by atoms with Crippen molar-refractivity contribution in [2.24, 2.45) is 0 Å². The van der Waals surface area contributed by atoms with Gasteiger partial charge in [0.15, 0.2) is 5.82 Å². The fourth-order valence-electron chi connectivity index (χ4n) is 1.92. The summed E-state index contributed by atoms with van der Waals surface area (Å²) in [6.07, 6.45) is 0. The first-order valence-electron chi connectivity index (χ1n) is 5.30. The van der Waals surface area contributed by atoms with Crippen LogP contribution in [0.15, 0.2) is 0 Å². The van der Waals surface area contributed by atoms with Gasteiger partial charge in [0.2, 0.25) is 0 Å². The maximum absolute atomic E-state index is 5.08. The molecule has 0 aliphatic carbocycles. The molecule has 0 amide bonds. The zero-order chi connectivity index (χ0) is 10.8. The van der Waals surface area contributed by atoms with Crippen molar-refractivity contribution < 1.29 is 4.74 Å². The Labute approximate surface area is 90.1 Å². The first kappa shape index (κ1) is 10.5. The highest BCUT2D eigenvalue weighted by Crippen LogP contribution is 2.23.